The number of amides is 1. The first-order valence-corrected chi connectivity index (χ1v) is 10.1. The Morgan fingerprint density at radius 3 is 2.29 bits per heavy atom. The molecule has 0 aliphatic rings. The average molecular weight is 404 g/mol. The molecule has 0 saturated heterocycles. The molecule has 0 unspecified atom stereocenters. The third kappa shape index (κ3) is 3.57. The summed E-state index contributed by atoms with van der Waals surface area (Å²) in [5.41, 5.74) is 6.42. The summed E-state index contributed by atoms with van der Waals surface area (Å²) in [7, 11) is 0. The van der Waals surface area contributed by atoms with Gasteiger partial charge in [0.2, 0.25) is 0 Å². The molecule has 0 radical (unpaired) electrons. The van der Waals surface area contributed by atoms with E-state index in [2.05, 4.69) is 57.1 Å². The van der Waals surface area contributed by atoms with E-state index in [0.717, 1.165) is 44.1 Å². The van der Waals surface area contributed by atoms with Crippen LogP contribution in [0.1, 0.15) is 23.0 Å². The van der Waals surface area contributed by atoms with Crippen LogP contribution in [-0.2, 0) is 0 Å². The van der Waals surface area contributed by atoms with E-state index >= 15 is 0 Å². The lowest BCUT2D eigenvalue weighted by atomic mass is 10.0. The Labute approximate surface area is 179 Å². The van der Waals surface area contributed by atoms with Crippen LogP contribution in [0.3, 0.4) is 0 Å². The fourth-order valence-electron chi connectivity index (χ4n) is 3.82. The fraction of sp³-hybridized carbons (Fsp3) is 0.0385. The van der Waals surface area contributed by atoms with E-state index in [1.54, 1.807) is 6.07 Å². The number of nitrogens with zero attached hydrogens (tertiary/aromatic N) is 2. The van der Waals surface area contributed by atoms with E-state index < -0.39 is 0 Å². The second-order valence-corrected chi connectivity index (χ2v) is 7.36. The van der Waals surface area contributed by atoms with Gasteiger partial charge in [0.05, 0.1) is 11.4 Å². The van der Waals surface area contributed by atoms with Crippen molar-refractivity contribution in [1.29, 1.82) is 0 Å². The van der Waals surface area contributed by atoms with Crippen molar-refractivity contribution in [3.05, 3.63) is 102 Å². The molecule has 31 heavy (non-hydrogen) atoms. The highest BCUT2D eigenvalue weighted by atomic mass is 16.2. The Kier molecular flexibility index (Phi) is 4.77. The highest BCUT2D eigenvalue weighted by molar-refractivity contribution is 6.10. The Morgan fingerprint density at radius 1 is 0.839 bits per heavy atom. The van der Waals surface area contributed by atoms with E-state index in [-0.39, 0.29) is 5.91 Å². The van der Waals surface area contributed by atoms with Crippen LogP contribution in [0, 0.1) is 0 Å². The van der Waals surface area contributed by atoms with Crippen LogP contribution in [0.2, 0.25) is 0 Å². The number of hydrogen-bond acceptors (Lipinski definition) is 3. The van der Waals surface area contributed by atoms with Crippen molar-refractivity contribution in [2.45, 2.75) is 6.92 Å². The molecule has 2 N–H and O–H groups in total. The lowest BCUT2D eigenvalue weighted by Gasteiger charge is -2.06. The predicted octanol–water partition coefficient (Wildman–Crippen LogP) is 5.54. The molecule has 1 aromatic heterocycles. The molecular formula is C26H20N4O. The van der Waals surface area contributed by atoms with Crippen molar-refractivity contribution in [3.8, 4) is 11.3 Å². The van der Waals surface area contributed by atoms with Gasteiger partial charge >= 0.3 is 0 Å². The van der Waals surface area contributed by atoms with Crippen LogP contribution in [0.25, 0.3) is 32.8 Å². The molecule has 0 atom stereocenters. The zero-order valence-corrected chi connectivity index (χ0v) is 17.0. The fourth-order valence-corrected chi connectivity index (χ4v) is 3.82. The maximum Gasteiger partial charge on any atom is 0.289 e. The van der Waals surface area contributed by atoms with E-state index in [0.29, 0.717) is 5.69 Å². The number of nitrogens with one attached hydrogen (secondary N) is 2. The van der Waals surface area contributed by atoms with Crippen molar-refractivity contribution < 1.29 is 4.79 Å². The van der Waals surface area contributed by atoms with Crippen LogP contribution in [0.4, 0.5) is 0 Å². The summed E-state index contributed by atoms with van der Waals surface area (Å²) in [6.07, 6.45) is 0. The number of carbonyl (C=O) groups is 1. The van der Waals surface area contributed by atoms with Gasteiger partial charge in [0.15, 0.2) is 0 Å². The molecule has 1 amide bonds. The third-order valence-electron chi connectivity index (χ3n) is 5.39. The molecule has 5 nitrogen and oxygen atoms in total. The number of carbonyl (C=O) groups excluding carboxylic acids is 1. The molecule has 0 spiro atoms. The molecule has 0 bridgehead atoms. The Hall–Kier alpha value is -4.25. The van der Waals surface area contributed by atoms with Gasteiger partial charge in [0.25, 0.3) is 5.91 Å². The summed E-state index contributed by atoms with van der Waals surface area (Å²) in [4.78, 5) is 12.7. The quantitative estimate of drug-likeness (QED) is 0.305. The van der Waals surface area contributed by atoms with Crippen molar-refractivity contribution in [2.24, 2.45) is 5.10 Å². The minimum Gasteiger partial charge on any atom is -0.272 e. The summed E-state index contributed by atoms with van der Waals surface area (Å²) in [6.45, 7) is 1.89. The maximum absolute atomic E-state index is 12.7. The molecular weight excluding hydrogens is 384 g/mol. The van der Waals surface area contributed by atoms with Gasteiger partial charge in [-0.15, -0.1) is 0 Å². The van der Waals surface area contributed by atoms with Crippen LogP contribution in [-0.4, -0.2) is 21.8 Å². The Balaban J connectivity index is 1.40. The Bertz CT molecular complexity index is 1440. The van der Waals surface area contributed by atoms with E-state index in [4.69, 9.17) is 0 Å². The minimum absolute atomic E-state index is 0.335. The van der Waals surface area contributed by atoms with Crippen molar-refractivity contribution in [1.82, 2.24) is 15.6 Å². The van der Waals surface area contributed by atoms with Gasteiger partial charge in [-0.1, -0.05) is 84.9 Å². The minimum atomic E-state index is -0.335. The van der Waals surface area contributed by atoms with Gasteiger partial charge in [0, 0.05) is 11.1 Å². The van der Waals surface area contributed by atoms with Crippen LogP contribution in [0.5, 0.6) is 0 Å². The third-order valence-corrected chi connectivity index (χ3v) is 5.39. The largest absolute Gasteiger partial charge is 0.289 e. The summed E-state index contributed by atoms with van der Waals surface area (Å²) in [5, 5.41) is 16.0. The zero-order valence-electron chi connectivity index (χ0n) is 17.0. The summed E-state index contributed by atoms with van der Waals surface area (Å²) in [6, 6.07) is 30.1. The van der Waals surface area contributed by atoms with Crippen LogP contribution in [0.15, 0.2) is 96.1 Å². The number of hydrazone groups is 1. The molecule has 5 aromatic rings. The summed E-state index contributed by atoms with van der Waals surface area (Å²) in [5.74, 6) is -0.335. The number of rotatable bonds is 4. The van der Waals surface area contributed by atoms with Crippen molar-refractivity contribution >= 4 is 33.2 Å². The second kappa shape index (κ2) is 7.88. The van der Waals surface area contributed by atoms with E-state index in [9.17, 15) is 4.79 Å². The molecule has 0 aliphatic heterocycles. The average Bonchev–Trinajstić information content (AvgIpc) is 3.32. The van der Waals surface area contributed by atoms with Gasteiger partial charge in [-0.05, 0) is 34.5 Å². The van der Waals surface area contributed by atoms with Gasteiger partial charge < -0.3 is 0 Å². The first kappa shape index (κ1) is 18.8. The van der Waals surface area contributed by atoms with Gasteiger partial charge in [-0.3, -0.25) is 9.89 Å². The molecule has 0 saturated carbocycles. The molecule has 5 rings (SSSR count). The normalized spacial score (nSPS) is 11.7. The standard InChI is InChI=1S/C26H20N4O/c1-17(20-14-6-10-18-8-2-4-12-21(18)20)27-30-26(31)25-16-24(28-29-25)23-15-7-11-19-9-3-5-13-22(19)23/h2-16H,1H3,(H,28,29)(H,30,31). The monoisotopic (exact) mass is 404 g/mol. The van der Waals surface area contributed by atoms with Gasteiger partial charge in [-0.25, -0.2) is 5.43 Å². The summed E-state index contributed by atoms with van der Waals surface area (Å²) >= 11 is 0. The lowest BCUT2D eigenvalue weighted by Crippen LogP contribution is -2.19. The highest BCUT2D eigenvalue weighted by Gasteiger charge is 2.13. The van der Waals surface area contributed by atoms with E-state index in [1.807, 2.05) is 55.5 Å². The van der Waals surface area contributed by atoms with Crippen molar-refractivity contribution in [2.75, 3.05) is 0 Å². The van der Waals surface area contributed by atoms with Gasteiger partial charge in [-0.2, -0.15) is 10.2 Å². The molecule has 0 fully saturated rings. The topological polar surface area (TPSA) is 70.1 Å². The first-order valence-electron chi connectivity index (χ1n) is 10.1. The molecule has 5 heteroatoms. The second-order valence-electron chi connectivity index (χ2n) is 7.36. The maximum atomic E-state index is 12.7. The summed E-state index contributed by atoms with van der Waals surface area (Å²) < 4.78 is 0. The predicted molar refractivity (Wildman–Crippen MR) is 125 cm³/mol. The number of H-pyrrole nitrogens is 1. The van der Waals surface area contributed by atoms with Crippen LogP contribution >= 0.6 is 0 Å². The number of fused-ring (bicyclic) bond motifs is 2. The molecule has 4 aromatic carbocycles. The van der Waals surface area contributed by atoms with Gasteiger partial charge in [0.1, 0.15) is 5.69 Å². The zero-order chi connectivity index (χ0) is 21.2. The SMILES string of the molecule is CC(=NNC(=O)c1cc(-c2cccc3ccccc23)n[nH]1)c1cccc2ccccc12. The van der Waals surface area contributed by atoms with E-state index in [1.165, 1.54) is 0 Å². The number of benzene rings is 4. The lowest BCUT2D eigenvalue weighted by molar-refractivity contribution is 0.0950. The van der Waals surface area contributed by atoms with Crippen molar-refractivity contribution in [3.63, 3.8) is 0 Å². The van der Waals surface area contributed by atoms with Crippen LogP contribution < -0.4 is 5.43 Å². The number of aromatic nitrogens is 2. The molecule has 1 heterocycles. The first-order chi connectivity index (χ1) is 15.2. The number of aromatic amines is 1. The highest BCUT2D eigenvalue weighted by Crippen LogP contribution is 2.27. The smallest absolute Gasteiger partial charge is 0.272 e. The molecule has 150 valence electrons. The number of hydrogen-bond donors (Lipinski definition) is 2. The molecule has 0 aliphatic carbocycles. The Morgan fingerprint density at radius 2 is 1.48 bits per heavy atom.